The molecule has 0 radical (unpaired) electrons. The largest absolute Gasteiger partial charge is 0.328 e. The summed E-state index contributed by atoms with van der Waals surface area (Å²) in [4.78, 5) is 24.6. The van der Waals surface area contributed by atoms with Crippen molar-refractivity contribution in [2.75, 3.05) is 0 Å². The molecule has 1 aromatic heterocycles. The summed E-state index contributed by atoms with van der Waals surface area (Å²) in [5, 5.41) is 0. The minimum Gasteiger partial charge on any atom is -0.298 e. The van der Waals surface area contributed by atoms with Gasteiger partial charge in [-0.2, -0.15) is 0 Å². The number of hydrogen-bond donors (Lipinski definition) is 1. The van der Waals surface area contributed by atoms with Crippen LogP contribution in [0.2, 0.25) is 0 Å². The Bertz CT molecular complexity index is 413. The van der Waals surface area contributed by atoms with Crippen LogP contribution in [0.15, 0.2) is 21.9 Å². The summed E-state index contributed by atoms with van der Waals surface area (Å²) in [5.74, 6) is 0. The van der Waals surface area contributed by atoms with Crippen molar-refractivity contribution in [1.82, 2.24) is 9.55 Å². The first kappa shape index (κ1) is 9.24. The molecule has 4 heteroatoms. The zero-order chi connectivity index (χ0) is 9.97. The van der Waals surface area contributed by atoms with Crippen molar-refractivity contribution in [2.45, 2.75) is 38.1 Å². The molecule has 0 amide bonds. The number of rotatable bonds is 1. The van der Waals surface area contributed by atoms with Crippen LogP contribution in [0.1, 0.15) is 38.1 Å². The van der Waals surface area contributed by atoms with E-state index in [0.717, 1.165) is 12.8 Å². The Morgan fingerprint density at radius 3 is 2.57 bits per heavy atom. The van der Waals surface area contributed by atoms with E-state index in [9.17, 15) is 9.59 Å². The molecular formula is C10H14N2O2. The fourth-order valence-electron chi connectivity index (χ4n) is 2.07. The first-order valence-electron chi connectivity index (χ1n) is 5.09. The van der Waals surface area contributed by atoms with Crippen molar-refractivity contribution in [1.29, 1.82) is 0 Å². The molecule has 1 heterocycles. The maximum atomic E-state index is 11.4. The normalized spacial score (nSPS) is 18.3. The van der Waals surface area contributed by atoms with E-state index in [0.29, 0.717) is 0 Å². The fourth-order valence-corrected chi connectivity index (χ4v) is 2.07. The van der Waals surface area contributed by atoms with E-state index >= 15 is 0 Å². The average Bonchev–Trinajstić information content (AvgIpc) is 2.19. The van der Waals surface area contributed by atoms with Gasteiger partial charge < -0.3 is 0 Å². The highest BCUT2D eigenvalue weighted by Gasteiger charge is 2.15. The molecule has 1 N–H and O–H groups in total. The Kier molecular flexibility index (Phi) is 2.52. The highest BCUT2D eigenvalue weighted by atomic mass is 16.2. The van der Waals surface area contributed by atoms with Gasteiger partial charge >= 0.3 is 5.69 Å². The van der Waals surface area contributed by atoms with Crippen LogP contribution in [0.4, 0.5) is 0 Å². The van der Waals surface area contributed by atoms with Gasteiger partial charge in [0.15, 0.2) is 0 Å². The van der Waals surface area contributed by atoms with Crippen molar-refractivity contribution in [3.8, 4) is 0 Å². The minimum absolute atomic E-state index is 0.274. The third-order valence-electron chi connectivity index (χ3n) is 2.82. The number of nitrogens with one attached hydrogen (secondary N) is 1. The quantitative estimate of drug-likeness (QED) is 0.726. The third-order valence-corrected chi connectivity index (χ3v) is 2.82. The highest BCUT2D eigenvalue weighted by Crippen LogP contribution is 2.26. The molecule has 0 saturated heterocycles. The topological polar surface area (TPSA) is 54.9 Å². The van der Waals surface area contributed by atoms with Crippen LogP contribution in [0.25, 0.3) is 0 Å². The number of hydrogen-bond acceptors (Lipinski definition) is 2. The predicted octanol–water partition coefficient (Wildman–Crippen LogP) is 1.04. The summed E-state index contributed by atoms with van der Waals surface area (Å²) in [6, 6.07) is 1.70. The number of H-pyrrole nitrogens is 1. The van der Waals surface area contributed by atoms with E-state index in [2.05, 4.69) is 4.98 Å². The highest BCUT2D eigenvalue weighted by molar-refractivity contribution is 4.86. The monoisotopic (exact) mass is 194 g/mol. The molecule has 0 spiro atoms. The Hall–Kier alpha value is -1.32. The van der Waals surface area contributed by atoms with Crippen molar-refractivity contribution in [2.24, 2.45) is 0 Å². The van der Waals surface area contributed by atoms with Gasteiger partial charge in [0.2, 0.25) is 0 Å². The van der Waals surface area contributed by atoms with Gasteiger partial charge in [-0.15, -0.1) is 0 Å². The van der Waals surface area contributed by atoms with Crippen LogP contribution in [0.3, 0.4) is 0 Å². The molecule has 0 aromatic carbocycles. The molecule has 0 unspecified atom stereocenters. The number of aromatic nitrogens is 2. The first-order chi connectivity index (χ1) is 6.77. The van der Waals surface area contributed by atoms with E-state index in [1.54, 1.807) is 10.8 Å². The van der Waals surface area contributed by atoms with Gasteiger partial charge in [0.1, 0.15) is 0 Å². The van der Waals surface area contributed by atoms with E-state index < -0.39 is 0 Å². The molecule has 4 nitrogen and oxygen atoms in total. The first-order valence-corrected chi connectivity index (χ1v) is 5.09. The second kappa shape index (κ2) is 3.82. The Labute approximate surface area is 81.6 Å². The van der Waals surface area contributed by atoms with Crippen LogP contribution >= 0.6 is 0 Å². The zero-order valence-corrected chi connectivity index (χ0v) is 8.03. The van der Waals surface area contributed by atoms with E-state index in [1.807, 2.05) is 0 Å². The maximum Gasteiger partial charge on any atom is 0.328 e. The van der Waals surface area contributed by atoms with Crippen LogP contribution in [0, 0.1) is 0 Å². The lowest BCUT2D eigenvalue weighted by Gasteiger charge is -2.23. The summed E-state index contributed by atoms with van der Waals surface area (Å²) >= 11 is 0. The van der Waals surface area contributed by atoms with Crippen molar-refractivity contribution >= 4 is 0 Å². The number of aromatic amines is 1. The zero-order valence-electron chi connectivity index (χ0n) is 8.03. The molecule has 1 fully saturated rings. The van der Waals surface area contributed by atoms with Gasteiger partial charge in [-0.05, 0) is 12.8 Å². The molecule has 0 atom stereocenters. The predicted molar refractivity (Wildman–Crippen MR) is 53.4 cm³/mol. The molecule has 0 bridgehead atoms. The van der Waals surface area contributed by atoms with Crippen LogP contribution in [0.5, 0.6) is 0 Å². The molecule has 76 valence electrons. The van der Waals surface area contributed by atoms with Crippen LogP contribution < -0.4 is 11.2 Å². The van der Waals surface area contributed by atoms with Gasteiger partial charge in [-0.25, -0.2) is 4.79 Å². The van der Waals surface area contributed by atoms with Crippen LogP contribution in [-0.4, -0.2) is 9.55 Å². The lowest BCUT2D eigenvalue weighted by Crippen LogP contribution is -2.32. The van der Waals surface area contributed by atoms with E-state index in [-0.39, 0.29) is 17.3 Å². The fraction of sp³-hybridized carbons (Fsp3) is 0.600. The third kappa shape index (κ3) is 1.78. The maximum absolute atomic E-state index is 11.4. The molecule has 1 aliphatic rings. The van der Waals surface area contributed by atoms with Crippen LogP contribution in [-0.2, 0) is 0 Å². The average molecular weight is 194 g/mol. The summed E-state index contributed by atoms with van der Waals surface area (Å²) in [5.41, 5.74) is -0.591. The lowest BCUT2D eigenvalue weighted by atomic mass is 9.95. The van der Waals surface area contributed by atoms with Gasteiger partial charge in [0, 0.05) is 18.3 Å². The second-order valence-electron chi connectivity index (χ2n) is 3.81. The van der Waals surface area contributed by atoms with E-state index in [1.165, 1.54) is 25.3 Å². The summed E-state index contributed by atoms with van der Waals surface area (Å²) < 4.78 is 1.65. The summed E-state index contributed by atoms with van der Waals surface area (Å²) in [6.07, 6.45) is 7.32. The van der Waals surface area contributed by atoms with Gasteiger partial charge in [-0.1, -0.05) is 19.3 Å². The SMILES string of the molecule is O=c1ccn(C2CCCCC2)c(=O)[nH]1. The summed E-state index contributed by atoms with van der Waals surface area (Å²) in [6.45, 7) is 0. The molecule has 1 aliphatic carbocycles. The lowest BCUT2D eigenvalue weighted by molar-refractivity contribution is 0.342. The van der Waals surface area contributed by atoms with Crippen molar-refractivity contribution in [3.63, 3.8) is 0 Å². The Balaban J connectivity index is 2.31. The van der Waals surface area contributed by atoms with Gasteiger partial charge in [0.25, 0.3) is 5.56 Å². The van der Waals surface area contributed by atoms with Gasteiger partial charge in [0.05, 0.1) is 0 Å². The van der Waals surface area contributed by atoms with Crippen molar-refractivity contribution < 1.29 is 0 Å². The smallest absolute Gasteiger partial charge is 0.298 e. The van der Waals surface area contributed by atoms with E-state index in [4.69, 9.17) is 0 Å². The molecular weight excluding hydrogens is 180 g/mol. The second-order valence-corrected chi connectivity index (χ2v) is 3.81. The Morgan fingerprint density at radius 1 is 1.21 bits per heavy atom. The minimum atomic E-state index is -0.318. The van der Waals surface area contributed by atoms with Crippen molar-refractivity contribution in [3.05, 3.63) is 33.1 Å². The standard InChI is InChI=1S/C10H14N2O2/c13-9-6-7-12(10(14)11-9)8-4-2-1-3-5-8/h6-8H,1-5H2,(H,11,13,14). The van der Waals surface area contributed by atoms with Gasteiger partial charge in [-0.3, -0.25) is 14.3 Å². The summed E-state index contributed by atoms with van der Waals surface area (Å²) in [7, 11) is 0. The molecule has 14 heavy (non-hydrogen) atoms. The molecule has 2 rings (SSSR count). The Morgan fingerprint density at radius 2 is 1.93 bits per heavy atom. The number of nitrogens with zero attached hydrogens (tertiary/aromatic N) is 1. The molecule has 1 aromatic rings. The molecule has 1 saturated carbocycles. The molecule has 0 aliphatic heterocycles.